The van der Waals surface area contributed by atoms with E-state index in [2.05, 4.69) is 59.4 Å². The first-order valence-electron chi connectivity index (χ1n) is 11.1. The van der Waals surface area contributed by atoms with Gasteiger partial charge in [-0.1, -0.05) is 60.2 Å². The van der Waals surface area contributed by atoms with Crippen molar-refractivity contribution in [3.05, 3.63) is 107 Å². The minimum atomic E-state index is -0.234. The van der Waals surface area contributed by atoms with Gasteiger partial charge in [0.25, 0.3) is 0 Å². The third kappa shape index (κ3) is 4.91. The van der Waals surface area contributed by atoms with Crippen LogP contribution in [0.1, 0.15) is 48.4 Å². The van der Waals surface area contributed by atoms with Gasteiger partial charge in [0.1, 0.15) is 5.82 Å². The molecule has 4 aromatic rings. The quantitative estimate of drug-likeness (QED) is 0.374. The summed E-state index contributed by atoms with van der Waals surface area (Å²) in [5.41, 5.74) is 5.57. The molecule has 0 saturated carbocycles. The van der Waals surface area contributed by atoms with E-state index < -0.39 is 0 Å². The summed E-state index contributed by atoms with van der Waals surface area (Å²) < 4.78 is 15.6. The fourth-order valence-corrected chi connectivity index (χ4v) is 4.33. The van der Waals surface area contributed by atoms with E-state index in [4.69, 9.17) is 0 Å². The summed E-state index contributed by atoms with van der Waals surface area (Å²) in [6, 6.07) is 23.4. The maximum absolute atomic E-state index is 13.4. The van der Waals surface area contributed by atoms with Gasteiger partial charge < -0.3 is 9.88 Å². The number of amides is 1. The van der Waals surface area contributed by atoms with Crippen molar-refractivity contribution in [1.82, 2.24) is 9.88 Å². The summed E-state index contributed by atoms with van der Waals surface area (Å²) in [6.07, 6.45) is 2.54. The first-order chi connectivity index (χ1) is 15.4. The fourth-order valence-electron chi connectivity index (χ4n) is 4.33. The number of aromatic nitrogens is 1. The van der Waals surface area contributed by atoms with E-state index in [1.54, 1.807) is 0 Å². The van der Waals surface area contributed by atoms with E-state index in [1.807, 2.05) is 38.1 Å². The van der Waals surface area contributed by atoms with Crippen molar-refractivity contribution in [2.24, 2.45) is 0 Å². The second-order valence-electron chi connectivity index (χ2n) is 8.75. The van der Waals surface area contributed by atoms with Crippen LogP contribution in [0.5, 0.6) is 0 Å². The van der Waals surface area contributed by atoms with Crippen LogP contribution in [0.15, 0.2) is 79.0 Å². The van der Waals surface area contributed by atoms with E-state index in [9.17, 15) is 9.18 Å². The molecule has 0 saturated heterocycles. The predicted molar refractivity (Wildman–Crippen MR) is 128 cm³/mol. The molecule has 1 aromatic heterocycles. The highest BCUT2D eigenvalue weighted by Crippen LogP contribution is 2.35. The minimum Gasteiger partial charge on any atom is -0.354 e. The Morgan fingerprint density at radius 1 is 1.00 bits per heavy atom. The number of carbonyl (C=O) groups is 1. The van der Waals surface area contributed by atoms with E-state index in [0.29, 0.717) is 13.0 Å². The van der Waals surface area contributed by atoms with Gasteiger partial charge in [-0.2, -0.15) is 0 Å². The maximum Gasteiger partial charge on any atom is 0.221 e. The molecule has 0 radical (unpaired) electrons. The second-order valence-corrected chi connectivity index (χ2v) is 8.75. The van der Waals surface area contributed by atoms with E-state index >= 15 is 0 Å². The van der Waals surface area contributed by atoms with Gasteiger partial charge in [-0.05, 0) is 55.7 Å². The molecule has 0 aliphatic carbocycles. The molecule has 0 fully saturated rings. The van der Waals surface area contributed by atoms with Crippen LogP contribution in [-0.4, -0.2) is 16.5 Å². The topological polar surface area (TPSA) is 34.0 Å². The van der Waals surface area contributed by atoms with Crippen LogP contribution in [0.3, 0.4) is 0 Å². The van der Waals surface area contributed by atoms with E-state index in [-0.39, 0.29) is 23.7 Å². The van der Waals surface area contributed by atoms with Crippen LogP contribution in [0.2, 0.25) is 0 Å². The molecule has 1 heterocycles. The third-order valence-corrected chi connectivity index (χ3v) is 5.74. The largest absolute Gasteiger partial charge is 0.354 e. The molecule has 164 valence electrons. The molecule has 3 aromatic carbocycles. The first kappa shape index (κ1) is 21.8. The molecule has 32 heavy (non-hydrogen) atoms. The van der Waals surface area contributed by atoms with Crippen LogP contribution in [0.4, 0.5) is 4.39 Å². The standard InChI is InChI=1S/C28H29FN2O/c1-19(2)30-28(32)16-25(22-8-6-7-20(3)15-22)26-18-31(27-10-5-4-9-24(26)27)17-21-11-13-23(29)14-12-21/h4-15,18-19,25H,16-17H2,1-3H3,(H,30,32)/t25-/m0/s1. The highest BCUT2D eigenvalue weighted by molar-refractivity contribution is 5.87. The number of aryl methyl sites for hydroxylation is 1. The van der Waals surface area contributed by atoms with Crippen LogP contribution < -0.4 is 5.32 Å². The lowest BCUT2D eigenvalue weighted by atomic mass is 9.87. The molecule has 0 spiro atoms. The molecular weight excluding hydrogens is 399 g/mol. The van der Waals surface area contributed by atoms with Crippen molar-refractivity contribution in [3.63, 3.8) is 0 Å². The zero-order valence-electron chi connectivity index (χ0n) is 18.8. The number of carbonyl (C=O) groups excluding carboxylic acids is 1. The number of halogens is 1. The summed E-state index contributed by atoms with van der Waals surface area (Å²) in [4.78, 5) is 12.8. The molecular formula is C28H29FN2O. The molecule has 0 bridgehead atoms. The Labute approximate surface area is 188 Å². The van der Waals surface area contributed by atoms with Gasteiger partial charge in [0.15, 0.2) is 0 Å². The average Bonchev–Trinajstić information content (AvgIpc) is 3.11. The number of nitrogens with one attached hydrogen (secondary N) is 1. The SMILES string of the molecule is Cc1cccc([C@H](CC(=O)NC(C)C)c2cn(Cc3ccc(F)cc3)c3ccccc23)c1. The van der Waals surface area contributed by atoms with Gasteiger partial charge >= 0.3 is 0 Å². The molecule has 3 nitrogen and oxygen atoms in total. The number of rotatable bonds is 7. The average molecular weight is 429 g/mol. The highest BCUT2D eigenvalue weighted by Gasteiger charge is 2.23. The second kappa shape index (κ2) is 9.39. The Balaban J connectivity index is 1.79. The summed E-state index contributed by atoms with van der Waals surface area (Å²) in [5, 5.41) is 4.18. The Bertz CT molecular complexity index is 1220. The van der Waals surface area contributed by atoms with Crippen molar-refractivity contribution >= 4 is 16.8 Å². The van der Waals surface area contributed by atoms with Crippen LogP contribution >= 0.6 is 0 Å². The Morgan fingerprint density at radius 3 is 2.47 bits per heavy atom. The van der Waals surface area contributed by atoms with Crippen molar-refractivity contribution in [3.8, 4) is 0 Å². The molecule has 4 rings (SSSR count). The highest BCUT2D eigenvalue weighted by atomic mass is 19.1. The number of benzene rings is 3. The predicted octanol–water partition coefficient (Wildman–Crippen LogP) is 6.18. The normalized spacial score (nSPS) is 12.3. The lowest BCUT2D eigenvalue weighted by Gasteiger charge is -2.19. The molecule has 0 unspecified atom stereocenters. The zero-order chi connectivity index (χ0) is 22.7. The van der Waals surface area contributed by atoms with Crippen molar-refractivity contribution in [2.75, 3.05) is 0 Å². The fraction of sp³-hybridized carbons (Fsp3) is 0.250. The van der Waals surface area contributed by atoms with Gasteiger partial charge in [0.2, 0.25) is 5.91 Å². The molecule has 1 N–H and O–H groups in total. The molecule has 0 aliphatic heterocycles. The molecule has 0 aliphatic rings. The smallest absolute Gasteiger partial charge is 0.221 e. The van der Waals surface area contributed by atoms with Crippen LogP contribution in [0.25, 0.3) is 10.9 Å². The maximum atomic E-state index is 13.4. The third-order valence-electron chi connectivity index (χ3n) is 5.74. The molecule has 4 heteroatoms. The molecule has 1 amide bonds. The van der Waals surface area contributed by atoms with Gasteiger partial charge in [-0.15, -0.1) is 0 Å². The van der Waals surface area contributed by atoms with Crippen molar-refractivity contribution < 1.29 is 9.18 Å². The van der Waals surface area contributed by atoms with Crippen LogP contribution in [0, 0.1) is 12.7 Å². The minimum absolute atomic E-state index is 0.0434. The van der Waals surface area contributed by atoms with E-state index in [0.717, 1.165) is 27.6 Å². The number of nitrogens with zero attached hydrogens (tertiary/aromatic N) is 1. The van der Waals surface area contributed by atoms with Gasteiger partial charge in [0.05, 0.1) is 0 Å². The molecule has 1 atom stereocenters. The summed E-state index contributed by atoms with van der Waals surface area (Å²) in [5.74, 6) is -0.252. The van der Waals surface area contributed by atoms with Gasteiger partial charge in [-0.25, -0.2) is 4.39 Å². The lowest BCUT2D eigenvalue weighted by molar-refractivity contribution is -0.121. The van der Waals surface area contributed by atoms with Gasteiger partial charge in [0, 0.05) is 42.0 Å². The number of hydrogen-bond acceptors (Lipinski definition) is 1. The van der Waals surface area contributed by atoms with E-state index in [1.165, 1.54) is 17.7 Å². The van der Waals surface area contributed by atoms with Gasteiger partial charge in [-0.3, -0.25) is 4.79 Å². The first-order valence-corrected chi connectivity index (χ1v) is 11.1. The number of para-hydroxylation sites is 1. The summed E-state index contributed by atoms with van der Waals surface area (Å²) in [6.45, 7) is 6.67. The number of hydrogen-bond donors (Lipinski definition) is 1. The van der Waals surface area contributed by atoms with Crippen molar-refractivity contribution in [1.29, 1.82) is 0 Å². The summed E-state index contributed by atoms with van der Waals surface area (Å²) in [7, 11) is 0. The zero-order valence-corrected chi connectivity index (χ0v) is 18.8. The summed E-state index contributed by atoms with van der Waals surface area (Å²) >= 11 is 0. The van der Waals surface area contributed by atoms with Crippen molar-refractivity contribution in [2.45, 2.75) is 45.7 Å². The Morgan fingerprint density at radius 2 is 1.75 bits per heavy atom. The number of fused-ring (bicyclic) bond motifs is 1. The van der Waals surface area contributed by atoms with Crippen LogP contribution in [-0.2, 0) is 11.3 Å². The Kier molecular flexibility index (Phi) is 6.40. The monoisotopic (exact) mass is 428 g/mol. The Hall–Kier alpha value is -3.40. The lowest BCUT2D eigenvalue weighted by Crippen LogP contribution is -2.31.